The summed E-state index contributed by atoms with van der Waals surface area (Å²) in [6.45, 7) is 5.92. The standard InChI is InChI=1S/C35H62P2/c1-33(2,36-27-15-25-34(36,29-17-7-3-8-18-29)30-19-9-4-10-20-30)37-28-16-26-35(37,31-21-11-5-12-22-31)32-23-13-6-14-24-32/h29-32H,3-28H2,1-2H3. The smallest absolute Gasteiger partial charge is 0.00600 e. The molecule has 2 unspecified atom stereocenters. The van der Waals surface area contributed by atoms with Crippen molar-refractivity contribution in [1.29, 1.82) is 0 Å². The van der Waals surface area contributed by atoms with E-state index in [1.807, 2.05) is 0 Å². The Balaban J connectivity index is 1.38. The molecule has 6 rings (SSSR count). The Morgan fingerprint density at radius 1 is 0.405 bits per heavy atom. The van der Waals surface area contributed by atoms with Crippen molar-refractivity contribution in [2.24, 2.45) is 23.7 Å². The zero-order chi connectivity index (χ0) is 25.3. The molecule has 0 radical (unpaired) electrons. The van der Waals surface area contributed by atoms with Crippen molar-refractivity contribution in [2.75, 3.05) is 12.3 Å². The van der Waals surface area contributed by atoms with Crippen LogP contribution in [0.3, 0.4) is 0 Å². The molecular formula is C35H62P2. The molecule has 0 bridgehead atoms. The van der Waals surface area contributed by atoms with Crippen LogP contribution in [0.15, 0.2) is 0 Å². The molecule has 0 aromatic carbocycles. The van der Waals surface area contributed by atoms with E-state index in [1.165, 1.54) is 25.7 Å². The Labute approximate surface area is 234 Å². The first-order valence-corrected chi connectivity index (χ1v) is 20.7. The first-order valence-electron chi connectivity index (χ1n) is 17.7. The molecular weight excluding hydrogens is 482 g/mol. The van der Waals surface area contributed by atoms with E-state index in [9.17, 15) is 0 Å². The summed E-state index contributed by atoms with van der Waals surface area (Å²) in [7, 11) is 0.271. The molecule has 2 heteroatoms. The van der Waals surface area contributed by atoms with Gasteiger partial charge in [-0.15, -0.1) is 0 Å². The summed E-state index contributed by atoms with van der Waals surface area (Å²) in [5.74, 6) is 4.42. The van der Waals surface area contributed by atoms with Gasteiger partial charge in [0.25, 0.3) is 0 Å². The van der Waals surface area contributed by atoms with Crippen LogP contribution in [-0.2, 0) is 0 Å². The third-order valence-electron chi connectivity index (χ3n) is 13.5. The summed E-state index contributed by atoms with van der Waals surface area (Å²) in [5.41, 5.74) is 0. The Morgan fingerprint density at radius 3 is 0.946 bits per heavy atom. The Hall–Kier alpha value is 0.860. The van der Waals surface area contributed by atoms with Gasteiger partial charge in [-0.2, -0.15) is 0 Å². The molecule has 212 valence electrons. The largest absolute Gasteiger partial charge is 0.0895 e. The molecule has 2 aliphatic heterocycles. The minimum atomic E-state index is 0.135. The van der Waals surface area contributed by atoms with Crippen molar-refractivity contribution in [3.8, 4) is 0 Å². The van der Waals surface area contributed by atoms with E-state index in [0.29, 0.717) is 4.90 Å². The van der Waals surface area contributed by atoms with Crippen LogP contribution in [0.2, 0.25) is 0 Å². The molecule has 0 amide bonds. The summed E-state index contributed by atoms with van der Waals surface area (Å²) in [5, 5.41) is 1.57. The predicted molar refractivity (Wildman–Crippen MR) is 168 cm³/mol. The van der Waals surface area contributed by atoms with Crippen LogP contribution in [0, 0.1) is 23.7 Å². The average Bonchev–Trinajstić information content (AvgIpc) is 3.63. The minimum Gasteiger partial charge on any atom is -0.0895 e. The van der Waals surface area contributed by atoms with E-state index in [4.69, 9.17) is 0 Å². The fraction of sp³-hybridized carbons (Fsp3) is 1.00. The number of hydrogen-bond donors (Lipinski definition) is 0. The monoisotopic (exact) mass is 544 g/mol. The van der Waals surface area contributed by atoms with Crippen molar-refractivity contribution in [1.82, 2.24) is 0 Å². The van der Waals surface area contributed by atoms with Crippen LogP contribution in [0.25, 0.3) is 0 Å². The molecule has 6 aliphatic rings. The van der Waals surface area contributed by atoms with Crippen molar-refractivity contribution in [3.05, 3.63) is 0 Å². The maximum absolute atomic E-state index is 2.96. The summed E-state index contributed by atoms with van der Waals surface area (Å²) in [6.07, 6.45) is 41.4. The highest BCUT2D eigenvalue weighted by molar-refractivity contribution is 7.79. The van der Waals surface area contributed by atoms with Crippen LogP contribution in [0.1, 0.15) is 168 Å². The summed E-state index contributed by atoms with van der Waals surface area (Å²) in [6, 6.07) is 0. The minimum absolute atomic E-state index is 0.135. The maximum Gasteiger partial charge on any atom is 0.00600 e. The van der Waals surface area contributed by atoms with E-state index >= 15 is 0 Å². The molecule has 2 saturated heterocycles. The molecule has 4 aliphatic carbocycles. The molecule has 0 aromatic rings. The van der Waals surface area contributed by atoms with Gasteiger partial charge in [0, 0.05) is 4.90 Å². The van der Waals surface area contributed by atoms with Crippen molar-refractivity contribution < 1.29 is 0 Å². The van der Waals surface area contributed by atoms with E-state index in [0.717, 1.165) is 34.0 Å². The van der Waals surface area contributed by atoms with Crippen LogP contribution in [-0.4, -0.2) is 27.5 Å². The quantitative estimate of drug-likeness (QED) is 0.292. The molecule has 4 saturated carbocycles. The Morgan fingerprint density at radius 2 is 0.676 bits per heavy atom. The zero-order valence-corrected chi connectivity index (χ0v) is 26.9. The van der Waals surface area contributed by atoms with E-state index in [-0.39, 0.29) is 15.8 Å². The van der Waals surface area contributed by atoms with Gasteiger partial charge in [0.15, 0.2) is 0 Å². The molecule has 0 spiro atoms. The van der Waals surface area contributed by atoms with Crippen molar-refractivity contribution in [2.45, 2.75) is 183 Å². The van der Waals surface area contributed by atoms with Gasteiger partial charge in [0.05, 0.1) is 0 Å². The van der Waals surface area contributed by atoms with Gasteiger partial charge in [0.1, 0.15) is 0 Å². The van der Waals surface area contributed by atoms with Crippen molar-refractivity contribution >= 4 is 15.8 Å². The second-order valence-corrected chi connectivity index (χ2v) is 22.2. The van der Waals surface area contributed by atoms with Gasteiger partial charge in [0.2, 0.25) is 0 Å². The normalized spacial score (nSPS) is 35.2. The Bertz CT molecular complexity index is 622. The topological polar surface area (TPSA) is 0 Å². The van der Waals surface area contributed by atoms with Gasteiger partial charge in [-0.05, 0) is 123 Å². The van der Waals surface area contributed by atoms with Crippen LogP contribution in [0.4, 0.5) is 0 Å². The highest BCUT2D eigenvalue weighted by atomic mass is 31.2. The maximum atomic E-state index is 2.96. The van der Waals surface area contributed by atoms with Gasteiger partial charge < -0.3 is 0 Å². The van der Waals surface area contributed by atoms with Gasteiger partial charge in [-0.3, -0.25) is 0 Å². The van der Waals surface area contributed by atoms with Crippen LogP contribution < -0.4 is 0 Å². The second-order valence-electron chi connectivity index (χ2n) is 15.3. The lowest BCUT2D eigenvalue weighted by Crippen LogP contribution is -2.50. The third-order valence-corrected chi connectivity index (χ3v) is 23.0. The summed E-state index contributed by atoms with van der Waals surface area (Å²) < 4.78 is 0. The molecule has 0 nitrogen and oxygen atoms in total. The van der Waals surface area contributed by atoms with E-state index in [2.05, 4.69) is 13.8 Å². The predicted octanol–water partition coefficient (Wildman–Crippen LogP) is 12.1. The van der Waals surface area contributed by atoms with Crippen LogP contribution >= 0.6 is 15.8 Å². The van der Waals surface area contributed by atoms with Gasteiger partial charge >= 0.3 is 0 Å². The third kappa shape index (κ3) is 4.98. The Kier molecular flexibility index (Phi) is 9.08. The summed E-state index contributed by atoms with van der Waals surface area (Å²) >= 11 is 0. The number of hydrogen-bond acceptors (Lipinski definition) is 0. The highest BCUT2D eigenvalue weighted by Crippen LogP contribution is 2.85. The first kappa shape index (κ1) is 28.0. The van der Waals surface area contributed by atoms with Crippen molar-refractivity contribution in [3.63, 3.8) is 0 Å². The molecule has 2 heterocycles. The molecule has 37 heavy (non-hydrogen) atoms. The lowest BCUT2D eigenvalue weighted by Gasteiger charge is -2.61. The van der Waals surface area contributed by atoms with Crippen LogP contribution in [0.5, 0.6) is 0 Å². The van der Waals surface area contributed by atoms with E-state index < -0.39 is 0 Å². The molecule has 2 atom stereocenters. The average molecular weight is 545 g/mol. The molecule has 0 N–H and O–H groups in total. The lowest BCUT2D eigenvalue weighted by molar-refractivity contribution is 0.164. The molecule has 6 fully saturated rings. The molecule has 0 aromatic heterocycles. The lowest BCUT2D eigenvalue weighted by atomic mass is 9.67. The first-order chi connectivity index (χ1) is 18.1. The highest BCUT2D eigenvalue weighted by Gasteiger charge is 2.63. The fourth-order valence-electron chi connectivity index (χ4n) is 12.2. The fourth-order valence-corrected chi connectivity index (χ4v) is 23.7. The zero-order valence-electron chi connectivity index (χ0n) is 25.1. The van der Waals surface area contributed by atoms with E-state index in [1.54, 1.807) is 141 Å². The van der Waals surface area contributed by atoms with Gasteiger partial charge in [-0.1, -0.05) is 107 Å². The summed E-state index contributed by atoms with van der Waals surface area (Å²) in [4.78, 5) is 0.668. The number of rotatable bonds is 6. The van der Waals surface area contributed by atoms with Gasteiger partial charge in [-0.25, -0.2) is 0 Å². The second kappa shape index (κ2) is 12.0. The SMILES string of the molecule is CC(C)(P1CCCC1(C1CCCCC1)C1CCCCC1)P1CCCC1(C1CCCCC1)C1CCCCC1.